The van der Waals surface area contributed by atoms with Gasteiger partial charge in [-0.3, -0.25) is 0 Å². The number of hydrogen-bond donors (Lipinski definition) is 1. The van der Waals surface area contributed by atoms with E-state index in [2.05, 4.69) is 0 Å². The fourth-order valence-electron chi connectivity index (χ4n) is 1.03. The molecule has 0 amide bonds. The third kappa shape index (κ3) is 2.25. The number of carbonyl (C=O) groups excluding carboxylic acids is 1. The fourth-order valence-corrected chi connectivity index (χ4v) is 1.03. The normalized spacial score (nSPS) is 13.6. The maximum atomic E-state index is 12.2. The number of carbonyl (C=O) groups is 1. The second-order valence-electron chi connectivity index (χ2n) is 2.75. The van der Waals surface area contributed by atoms with E-state index < -0.39 is 12.1 Å². The molecule has 0 bridgehead atoms. The second kappa shape index (κ2) is 3.69. The Morgan fingerprint density at radius 1 is 1.21 bits per heavy atom. The number of benzene rings is 1. The Morgan fingerprint density at radius 3 is 2.07 bits per heavy atom. The van der Waals surface area contributed by atoms with Gasteiger partial charge in [-0.1, -0.05) is 12.1 Å². The molecule has 1 atom stereocenters. The second-order valence-corrected chi connectivity index (χ2v) is 2.75. The highest BCUT2D eigenvalue weighted by Crippen LogP contribution is 2.33. The first-order valence-electron chi connectivity index (χ1n) is 3.76. The monoisotopic (exact) mass is 204 g/mol. The molecule has 76 valence electrons. The molecule has 0 aromatic heterocycles. The average molecular weight is 204 g/mol. The van der Waals surface area contributed by atoms with E-state index in [0.717, 1.165) is 24.3 Å². The summed E-state index contributed by atoms with van der Waals surface area (Å²) in [5.74, 6) is -2.26. The summed E-state index contributed by atoms with van der Waals surface area (Å²) in [6.45, 7) is 0. The van der Waals surface area contributed by atoms with Gasteiger partial charge in [0.1, 0.15) is 18.0 Å². The van der Waals surface area contributed by atoms with Crippen molar-refractivity contribution in [3.8, 4) is 5.75 Å². The van der Waals surface area contributed by atoms with E-state index in [1.54, 1.807) is 0 Å². The lowest BCUT2D eigenvalue weighted by molar-refractivity contribution is -0.155. The first-order valence-corrected chi connectivity index (χ1v) is 3.76. The molecule has 0 radical (unpaired) electrons. The minimum atomic E-state index is -4.58. The van der Waals surface area contributed by atoms with Crippen LogP contribution in [-0.4, -0.2) is 17.6 Å². The van der Waals surface area contributed by atoms with Gasteiger partial charge in [0.05, 0.1) is 0 Å². The Balaban J connectivity index is 3.02. The van der Waals surface area contributed by atoms with Crippen LogP contribution in [0.5, 0.6) is 5.75 Å². The van der Waals surface area contributed by atoms with Crippen molar-refractivity contribution in [3.63, 3.8) is 0 Å². The van der Waals surface area contributed by atoms with Gasteiger partial charge >= 0.3 is 6.18 Å². The van der Waals surface area contributed by atoms with Crippen LogP contribution in [0.1, 0.15) is 11.5 Å². The largest absolute Gasteiger partial charge is 0.508 e. The van der Waals surface area contributed by atoms with Gasteiger partial charge in [0.2, 0.25) is 0 Å². The van der Waals surface area contributed by atoms with Gasteiger partial charge in [-0.2, -0.15) is 13.2 Å². The number of aldehydes is 1. The van der Waals surface area contributed by atoms with Crippen LogP contribution in [0.25, 0.3) is 0 Å². The highest BCUT2D eigenvalue weighted by molar-refractivity contribution is 5.63. The van der Waals surface area contributed by atoms with Crippen LogP contribution in [0.4, 0.5) is 13.2 Å². The van der Waals surface area contributed by atoms with E-state index in [0.29, 0.717) is 0 Å². The molecule has 0 saturated heterocycles. The molecule has 0 fully saturated rings. The number of alkyl halides is 3. The predicted molar refractivity (Wildman–Crippen MR) is 43.0 cm³/mol. The van der Waals surface area contributed by atoms with Crippen molar-refractivity contribution < 1.29 is 23.1 Å². The summed E-state index contributed by atoms with van der Waals surface area (Å²) in [6, 6.07) is 4.36. The molecule has 0 aliphatic heterocycles. The van der Waals surface area contributed by atoms with Crippen LogP contribution in [0, 0.1) is 0 Å². The number of hydrogen-bond acceptors (Lipinski definition) is 2. The van der Waals surface area contributed by atoms with Gasteiger partial charge in [0.15, 0.2) is 0 Å². The molecule has 1 rings (SSSR count). The van der Waals surface area contributed by atoms with Crippen molar-refractivity contribution in [1.29, 1.82) is 0 Å². The number of rotatable bonds is 2. The van der Waals surface area contributed by atoms with E-state index in [4.69, 9.17) is 5.11 Å². The summed E-state index contributed by atoms with van der Waals surface area (Å²) in [5.41, 5.74) is -0.176. The van der Waals surface area contributed by atoms with E-state index in [1.165, 1.54) is 0 Å². The van der Waals surface area contributed by atoms with Crippen molar-refractivity contribution >= 4 is 6.29 Å². The van der Waals surface area contributed by atoms with Gasteiger partial charge in [0.25, 0.3) is 0 Å². The summed E-state index contributed by atoms with van der Waals surface area (Å²) in [4.78, 5) is 10.3. The van der Waals surface area contributed by atoms with Crippen LogP contribution in [-0.2, 0) is 4.79 Å². The summed E-state index contributed by atoms with van der Waals surface area (Å²) >= 11 is 0. The molecular formula is C9H7F3O2. The third-order valence-electron chi connectivity index (χ3n) is 1.74. The molecule has 1 unspecified atom stereocenters. The molecule has 5 heteroatoms. The maximum absolute atomic E-state index is 12.2. The molecule has 14 heavy (non-hydrogen) atoms. The number of phenols is 1. The predicted octanol–water partition coefficient (Wildman–Crippen LogP) is 2.24. The Hall–Kier alpha value is -1.52. The smallest absolute Gasteiger partial charge is 0.402 e. The van der Waals surface area contributed by atoms with Crippen LogP contribution in [0.3, 0.4) is 0 Å². The van der Waals surface area contributed by atoms with Gasteiger partial charge in [-0.05, 0) is 17.7 Å². The van der Waals surface area contributed by atoms with Crippen molar-refractivity contribution in [2.45, 2.75) is 12.1 Å². The molecule has 0 spiro atoms. The highest BCUT2D eigenvalue weighted by Gasteiger charge is 2.40. The molecule has 2 nitrogen and oxygen atoms in total. The standard InChI is InChI=1S/C9H7F3O2/c10-9(11,12)8(5-13)6-1-3-7(14)4-2-6/h1-5,8,14H. The third-order valence-corrected chi connectivity index (χ3v) is 1.74. The number of aromatic hydroxyl groups is 1. The van der Waals surface area contributed by atoms with Crippen LogP contribution < -0.4 is 0 Å². The van der Waals surface area contributed by atoms with Crippen molar-refractivity contribution in [2.24, 2.45) is 0 Å². The lowest BCUT2D eigenvalue weighted by atomic mass is 10.0. The van der Waals surface area contributed by atoms with Crippen LogP contribution in [0.2, 0.25) is 0 Å². The summed E-state index contributed by atoms with van der Waals surface area (Å²) < 4.78 is 36.6. The topological polar surface area (TPSA) is 37.3 Å². The minimum absolute atomic E-state index is 0.138. The Bertz CT molecular complexity index is 316. The van der Waals surface area contributed by atoms with Crippen LogP contribution >= 0.6 is 0 Å². The van der Waals surface area contributed by atoms with Gasteiger partial charge in [-0.25, -0.2) is 0 Å². The summed E-state index contributed by atoms with van der Waals surface area (Å²) in [5, 5.41) is 8.84. The van der Waals surface area contributed by atoms with E-state index in [9.17, 15) is 18.0 Å². The zero-order valence-corrected chi connectivity index (χ0v) is 6.95. The first-order chi connectivity index (χ1) is 6.45. The van der Waals surface area contributed by atoms with Gasteiger partial charge < -0.3 is 9.90 Å². The Kier molecular flexibility index (Phi) is 2.78. The first kappa shape index (κ1) is 10.6. The van der Waals surface area contributed by atoms with Gasteiger partial charge in [-0.15, -0.1) is 0 Å². The van der Waals surface area contributed by atoms with Crippen LogP contribution in [0.15, 0.2) is 24.3 Å². The fraction of sp³-hybridized carbons (Fsp3) is 0.222. The molecule has 1 aromatic rings. The number of phenolic OH excluding ortho intramolecular Hbond substituents is 1. The maximum Gasteiger partial charge on any atom is 0.402 e. The SMILES string of the molecule is O=CC(c1ccc(O)cc1)C(F)(F)F. The van der Waals surface area contributed by atoms with Gasteiger partial charge in [0, 0.05) is 0 Å². The van der Waals surface area contributed by atoms with E-state index in [1.807, 2.05) is 0 Å². The minimum Gasteiger partial charge on any atom is -0.508 e. The molecule has 0 heterocycles. The highest BCUT2D eigenvalue weighted by atomic mass is 19.4. The van der Waals surface area contributed by atoms with Crippen molar-refractivity contribution in [3.05, 3.63) is 29.8 Å². The molecule has 0 aliphatic rings. The molecule has 0 aliphatic carbocycles. The molecule has 1 aromatic carbocycles. The van der Waals surface area contributed by atoms with Crippen molar-refractivity contribution in [1.82, 2.24) is 0 Å². The number of halogens is 3. The quantitative estimate of drug-likeness (QED) is 0.750. The summed E-state index contributed by atoms with van der Waals surface area (Å²) in [6.07, 6.45) is -4.74. The van der Waals surface area contributed by atoms with E-state index in [-0.39, 0.29) is 17.6 Å². The molecule has 1 N–H and O–H groups in total. The zero-order valence-electron chi connectivity index (χ0n) is 6.95. The van der Waals surface area contributed by atoms with Crippen molar-refractivity contribution in [2.75, 3.05) is 0 Å². The Morgan fingerprint density at radius 2 is 1.71 bits per heavy atom. The summed E-state index contributed by atoms with van der Waals surface area (Å²) in [7, 11) is 0. The zero-order chi connectivity index (χ0) is 10.8. The molecular weight excluding hydrogens is 197 g/mol. The average Bonchev–Trinajstić information content (AvgIpc) is 2.07. The lowest BCUT2D eigenvalue weighted by Crippen LogP contribution is -2.21. The Labute approximate surface area is 78.0 Å². The lowest BCUT2D eigenvalue weighted by Gasteiger charge is -2.14. The molecule has 0 saturated carbocycles. The van der Waals surface area contributed by atoms with E-state index >= 15 is 0 Å².